The van der Waals surface area contributed by atoms with Gasteiger partial charge in [0.05, 0.1) is 25.9 Å². The van der Waals surface area contributed by atoms with Crippen molar-refractivity contribution in [2.45, 2.75) is 19.4 Å². The zero-order valence-corrected chi connectivity index (χ0v) is 12.9. The Labute approximate surface area is 126 Å². The van der Waals surface area contributed by atoms with E-state index in [2.05, 4.69) is 18.3 Å². The lowest BCUT2D eigenvalue weighted by atomic mass is 10.1. The minimum atomic E-state index is 0.299. The minimum Gasteiger partial charge on any atom is -0.493 e. The fourth-order valence-electron chi connectivity index (χ4n) is 2.29. The number of hydrogen-bond acceptors (Lipinski definition) is 5. The molecule has 1 heterocycles. The van der Waals surface area contributed by atoms with Crippen LogP contribution in [0, 0.1) is 0 Å². The van der Waals surface area contributed by atoms with Gasteiger partial charge in [-0.2, -0.15) is 0 Å². The number of benzene rings is 1. The number of nitrogens with one attached hydrogen (secondary N) is 1. The Bertz CT molecular complexity index is 425. The third-order valence-electron chi connectivity index (χ3n) is 3.35. The summed E-state index contributed by atoms with van der Waals surface area (Å²) < 4.78 is 21.7. The van der Waals surface area contributed by atoms with Crippen LogP contribution in [-0.2, 0) is 9.47 Å². The van der Waals surface area contributed by atoms with Gasteiger partial charge in [-0.05, 0) is 18.7 Å². The van der Waals surface area contributed by atoms with Gasteiger partial charge in [0.2, 0.25) is 0 Å². The number of rotatable bonds is 10. The normalized spacial score (nSPS) is 16.6. The molecule has 1 aromatic carbocycles. The molecule has 0 aliphatic carbocycles. The van der Waals surface area contributed by atoms with Crippen molar-refractivity contribution in [3.63, 3.8) is 0 Å². The van der Waals surface area contributed by atoms with Crippen LogP contribution in [0.1, 0.15) is 24.9 Å². The predicted octanol–water partition coefficient (Wildman–Crippen LogP) is 2.16. The summed E-state index contributed by atoms with van der Waals surface area (Å²) in [6, 6.07) is 6.36. The highest BCUT2D eigenvalue weighted by Crippen LogP contribution is 2.35. The monoisotopic (exact) mass is 295 g/mol. The SMILES string of the molecule is CCNC1COc2cc(OCCCOCCOC)ccc21. The van der Waals surface area contributed by atoms with Crippen LogP contribution in [0.2, 0.25) is 0 Å². The second-order valence-electron chi connectivity index (χ2n) is 4.93. The van der Waals surface area contributed by atoms with Crippen LogP contribution >= 0.6 is 0 Å². The molecule has 0 radical (unpaired) electrons. The van der Waals surface area contributed by atoms with E-state index in [1.54, 1.807) is 7.11 Å². The standard InChI is InChI=1S/C16H25NO4/c1-3-17-15-12-21-16-11-13(5-6-14(15)16)20-8-4-7-19-10-9-18-2/h5-6,11,15,17H,3-4,7-10,12H2,1-2H3. The third kappa shape index (κ3) is 4.88. The van der Waals surface area contributed by atoms with Crippen molar-refractivity contribution in [3.05, 3.63) is 23.8 Å². The molecule has 118 valence electrons. The highest BCUT2D eigenvalue weighted by Gasteiger charge is 2.23. The van der Waals surface area contributed by atoms with E-state index in [4.69, 9.17) is 18.9 Å². The number of methoxy groups -OCH3 is 1. The molecule has 1 aliphatic rings. The van der Waals surface area contributed by atoms with Crippen molar-refractivity contribution in [1.82, 2.24) is 5.32 Å². The largest absolute Gasteiger partial charge is 0.493 e. The number of likely N-dealkylation sites (N-methyl/N-ethyl adjacent to an activating group) is 1. The number of ether oxygens (including phenoxy) is 4. The molecule has 0 spiro atoms. The molecule has 1 aliphatic heterocycles. The first-order chi connectivity index (χ1) is 10.3. The molecule has 0 aromatic heterocycles. The molecule has 0 amide bonds. The Balaban J connectivity index is 1.71. The van der Waals surface area contributed by atoms with Crippen molar-refractivity contribution >= 4 is 0 Å². The highest BCUT2D eigenvalue weighted by molar-refractivity contribution is 5.45. The molecule has 21 heavy (non-hydrogen) atoms. The summed E-state index contributed by atoms with van der Waals surface area (Å²) in [5.74, 6) is 1.78. The molecule has 1 N–H and O–H groups in total. The van der Waals surface area contributed by atoms with E-state index in [0.29, 0.717) is 39.1 Å². The van der Waals surface area contributed by atoms with Crippen molar-refractivity contribution in [2.24, 2.45) is 0 Å². The van der Waals surface area contributed by atoms with Gasteiger partial charge in [-0.15, -0.1) is 0 Å². The third-order valence-corrected chi connectivity index (χ3v) is 3.35. The van der Waals surface area contributed by atoms with Crippen molar-refractivity contribution in [1.29, 1.82) is 0 Å². The molecule has 2 rings (SSSR count). The van der Waals surface area contributed by atoms with E-state index in [1.807, 2.05) is 12.1 Å². The van der Waals surface area contributed by atoms with Gasteiger partial charge in [-0.1, -0.05) is 6.92 Å². The summed E-state index contributed by atoms with van der Waals surface area (Å²) in [5, 5.41) is 3.40. The average molecular weight is 295 g/mol. The van der Waals surface area contributed by atoms with Crippen molar-refractivity contribution in [3.8, 4) is 11.5 Å². The van der Waals surface area contributed by atoms with Gasteiger partial charge in [-0.25, -0.2) is 0 Å². The van der Waals surface area contributed by atoms with Gasteiger partial charge in [0.1, 0.15) is 18.1 Å². The summed E-state index contributed by atoms with van der Waals surface area (Å²) in [6.07, 6.45) is 0.863. The Morgan fingerprint density at radius 3 is 2.95 bits per heavy atom. The molecule has 5 heteroatoms. The second-order valence-corrected chi connectivity index (χ2v) is 4.93. The van der Waals surface area contributed by atoms with E-state index >= 15 is 0 Å². The Morgan fingerprint density at radius 2 is 2.14 bits per heavy atom. The average Bonchev–Trinajstić information content (AvgIpc) is 2.89. The fraction of sp³-hybridized carbons (Fsp3) is 0.625. The van der Waals surface area contributed by atoms with Crippen LogP contribution < -0.4 is 14.8 Å². The summed E-state index contributed by atoms with van der Waals surface area (Å²) in [6.45, 7) is 6.33. The van der Waals surface area contributed by atoms with Crippen LogP contribution in [0.3, 0.4) is 0 Å². The highest BCUT2D eigenvalue weighted by atomic mass is 16.5. The van der Waals surface area contributed by atoms with E-state index in [0.717, 1.165) is 24.5 Å². The Hall–Kier alpha value is -1.30. The molecule has 1 unspecified atom stereocenters. The van der Waals surface area contributed by atoms with Crippen molar-refractivity contribution < 1.29 is 18.9 Å². The molecule has 0 saturated carbocycles. The lowest BCUT2D eigenvalue weighted by Gasteiger charge is -2.10. The molecule has 5 nitrogen and oxygen atoms in total. The summed E-state index contributed by atoms with van der Waals surface area (Å²) in [7, 11) is 1.67. The lowest BCUT2D eigenvalue weighted by molar-refractivity contribution is 0.0644. The molecule has 1 aromatic rings. The molecular weight excluding hydrogens is 270 g/mol. The van der Waals surface area contributed by atoms with Gasteiger partial charge < -0.3 is 24.3 Å². The van der Waals surface area contributed by atoms with Gasteiger partial charge in [0, 0.05) is 31.8 Å². The van der Waals surface area contributed by atoms with Crippen LogP contribution in [0.4, 0.5) is 0 Å². The Kier molecular flexibility index (Phi) is 6.79. The number of fused-ring (bicyclic) bond motifs is 1. The minimum absolute atomic E-state index is 0.299. The summed E-state index contributed by atoms with van der Waals surface area (Å²) in [4.78, 5) is 0. The van der Waals surface area contributed by atoms with Crippen LogP contribution in [0.25, 0.3) is 0 Å². The quantitative estimate of drug-likeness (QED) is 0.670. The van der Waals surface area contributed by atoms with Crippen LogP contribution in [0.5, 0.6) is 11.5 Å². The first kappa shape index (κ1) is 16.1. The molecular formula is C16H25NO4. The van der Waals surface area contributed by atoms with E-state index < -0.39 is 0 Å². The molecule has 0 saturated heterocycles. The Morgan fingerprint density at radius 1 is 1.24 bits per heavy atom. The van der Waals surface area contributed by atoms with Gasteiger partial charge in [0.25, 0.3) is 0 Å². The lowest BCUT2D eigenvalue weighted by Crippen LogP contribution is -2.21. The fourth-order valence-corrected chi connectivity index (χ4v) is 2.29. The zero-order chi connectivity index (χ0) is 14.9. The predicted molar refractivity (Wildman–Crippen MR) is 81.2 cm³/mol. The van der Waals surface area contributed by atoms with Gasteiger partial charge in [-0.3, -0.25) is 0 Å². The van der Waals surface area contributed by atoms with E-state index in [1.165, 1.54) is 5.56 Å². The topological polar surface area (TPSA) is 49.0 Å². The number of hydrogen-bond donors (Lipinski definition) is 1. The van der Waals surface area contributed by atoms with E-state index in [9.17, 15) is 0 Å². The zero-order valence-electron chi connectivity index (χ0n) is 12.9. The first-order valence-corrected chi connectivity index (χ1v) is 7.54. The van der Waals surface area contributed by atoms with Gasteiger partial charge >= 0.3 is 0 Å². The van der Waals surface area contributed by atoms with Crippen LogP contribution in [0.15, 0.2) is 18.2 Å². The van der Waals surface area contributed by atoms with Crippen LogP contribution in [-0.4, -0.2) is 46.7 Å². The molecule has 0 bridgehead atoms. The first-order valence-electron chi connectivity index (χ1n) is 7.54. The molecule has 1 atom stereocenters. The summed E-state index contributed by atoms with van der Waals surface area (Å²) in [5.41, 5.74) is 1.21. The summed E-state index contributed by atoms with van der Waals surface area (Å²) >= 11 is 0. The van der Waals surface area contributed by atoms with E-state index in [-0.39, 0.29) is 0 Å². The maximum atomic E-state index is 5.72. The second kappa shape index (κ2) is 8.87. The maximum Gasteiger partial charge on any atom is 0.127 e. The van der Waals surface area contributed by atoms with Crippen molar-refractivity contribution in [2.75, 3.05) is 46.7 Å². The smallest absolute Gasteiger partial charge is 0.127 e. The molecule has 0 fully saturated rings. The maximum absolute atomic E-state index is 5.72. The van der Waals surface area contributed by atoms with Gasteiger partial charge in [0.15, 0.2) is 0 Å².